The zero-order valence-electron chi connectivity index (χ0n) is 17.6. The Morgan fingerprint density at radius 3 is 2.55 bits per heavy atom. The number of carbonyl (C=O) groups is 1. The van der Waals surface area contributed by atoms with Gasteiger partial charge in [0.1, 0.15) is 13.2 Å². The van der Waals surface area contributed by atoms with Gasteiger partial charge in [-0.1, -0.05) is 13.8 Å². The van der Waals surface area contributed by atoms with Crippen molar-refractivity contribution >= 4 is 23.1 Å². The van der Waals surface area contributed by atoms with E-state index in [1.807, 2.05) is 18.2 Å². The van der Waals surface area contributed by atoms with Gasteiger partial charge in [0.15, 0.2) is 22.4 Å². The van der Waals surface area contributed by atoms with E-state index in [0.717, 1.165) is 69.4 Å². The minimum Gasteiger partial charge on any atom is -0.486 e. The molecular weight excluding hydrogens is 386 g/mol. The lowest BCUT2D eigenvalue weighted by atomic mass is 9.89. The highest BCUT2D eigenvalue weighted by Crippen LogP contribution is 2.32. The first-order chi connectivity index (χ1) is 14.1. The zero-order valence-corrected chi connectivity index (χ0v) is 18.4. The number of likely N-dealkylation sites (tertiary alicyclic amines) is 1. The van der Waals surface area contributed by atoms with Gasteiger partial charge in [-0.3, -0.25) is 4.79 Å². The molecular formula is C22H33N3O3S. The first-order valence-corrected chi connectivity index (χ1v) is 11.2. The molecule has 0 aliphatic carbocycles. The Bertz CT molecular complexity index is 701. The zero-order chi connectivity index (χ0) is 20.6. The van der Waals surface area contributed by atoms with Crippen molar-refractivity contribution in [2.45, 2.75) is 33.1 Å². The second kappa shape index (κ2) is 10.8. The molecule has 6 nitrogen and oxygen atoms in total. The van der Waals surface area contributed by atoms with E-state index in [1.165, 1.54) is 0 Å². The van der Waals surface area contributed by atoms with Crippen LogP contribution >= 0.6 is 12.2 Å². The number of Topliss-reactive ketones (excluding diaryl/α,β-unsaturated/α-hetero) is 1. The minimum atomic E-state index is 0.0410. The van der Waals surface area contributed by atoms with Crippen LogP contribution in [0.3, 0.4) is 0 Å². The van der Waals surface area contributed by atoms with Gasteiger partial charge in [0.2, 0.25) is 0 Å². The van der Waals surface area contributed by atoms with Crippen LogP contribution in [0.25, 0.3) is 0 Å². The van der Waals surface area contributed by atoms with Crippen LogP contribution < -0.4 is 14.8 Å². The SMILES string of the molecule is CCN(CC)CCCNC(=S)N1CCC(C(=O)c2ccc3c(c2)OCCO3)CC1. The maximum absolute atomic E-state index is 12.9. The lowest BCUT2D eigenvalue weighted by molar-refractivity contribution is 0.0870. The molecule has 0 saturated carbocycles. The fourth-order valence-electron chi connectivity index (χ4n) is 3.93. The van der Waals surface area contributed by atoms with Gasteiger partial charge in [-0.15, -0.1) is 0 Å². The number of hydrogen-bond acceptors (Lipinski definition) is 5. The second-order valence-electron chi connectivity index (χ2n) is 7.60. The molecule has 0 spiro atoms. The molecule has 1 N–H and O–H groups in total. The summed E-state index contributed by atoms with van der Waals surface area (Å²) in [7, 11) is 0. The van der Waals surface area contributed by atoms with Crippen molar-refractivity contribution in [3.05, 3.63) is 23.8 Å². The van der Waals surface area contributed by atoms with Crippen LogP contribution in [0.5, 0.6) is 11.5 Å². The van der Waals surface area contributed by atoms with Crippen LogP contribution in [0.1, 0.15) is 43.5 Å². The summed E-state index contributed by atoms with van der Waals surface area (Å²) in [4.78, 5) is 17.5. The van der Waals surface area contributed by atoms with Gasteiger partial charge < -0.3 is 24.6 Å². The second-order valence-corrected chi connectivity index (χ2v) is 7.98. The van der Waals surface area contributed by atoms with Crippen molar-refractivity contribution in [3.8, 4) is 11.5 Å². The van der Waals surface area contributed by atoms with Crippen LogP contribution in [-0.4, -0.2) is 73.2 Å². The number of ketones is 1. The summed E-state index contributed by atoms with van der Waals surface area (Å²) in [6.45, 7) is 11.3. The lowest BCUT2D eigenvalue weighted by Crippen LogP contribution is -2.45. The van der Waals surface area contributed by atoms with Crippen LogP contribution in [-0.2, 0) is 0 Å². The maximum Gasteiger partial charge on any atom is 0.168 e. The topological polar surface area (TPSA) is 54.0 Å². The van der Waals surface area contributed by atoms with E-state index in [2.05, 4.69) is 29.0 Å². The molecule has 1 saturated heterocycles. The number of ether oxygens (including phenoxy) is 2. The highest BCUT2D eigenvalue weighted by molar-refractivity contribution is 7.80. The number of benzene rings is 1. The quantitative estimate of drug-likeness (QED) is 0.395. The molecule has 0 amide bonds. The Morgan fingerprint density at radius 2 is 1.86 bits per heavy atom. The number of nitrogens with zero attached hydrogens (tertiary/aromatic N) is 2. The number of nitrogens with one attached hydrogen (secondary N) is 1. The largest absolute Gasteiger partial charge is 0.486 e. The van der Waals surface area contributed by atoms with Gasteiger partial charge >= 0.3 is 0 Å². The normalized spacial score (nSPS) is 16.7. The molecule has 0 unspecified atom stereocenters. The number of thiocarbonyl (C=S) groups is 1. The van der Waals surface area contributed by atoms with Crippen molar-refractivity contribution in [1.82, 2.24) is 15.1 Å². The summed E-state index contributed by atoms with van der Waals surface area (Å²) >= 11 is 5.56. The van der Waals surface area contributed by atoms with Crippen molar-refractivity contribution < 1.29 is 14.3 Å². The molecule has 3 rings (SSSR count). The molecule has 0 aromatic heterocycles. The predicted molar refractivity (Wildman–Crippen MR) is 119 cm³/mol. The summed E-state index contributed by atoms with van der Waals surface area (Å²) in [5, 5.41) is 4.20. The van der Waals surface area contributed by atoms with E-state index in [1.54, 1.807) is 0 Å². The predicted octanol–water partition coefficient (Wildman–Crippen LogP) is 2.96. The molecule has 0 radical (unpaired) electrons. The monoisotopic (exact) mass is 419 g/mol. The number of carbonyl (C=O) groups excluding carboxylic acids is 1. The third kappa shape index (κ3) is 5.82. The van der Waals surface area contributed by atoms with Gasteiger partial charge in [0, 0.05) is 31.1 Å². The number of piperidine rings is 1. The summed E-state index contributed by atoms with van der Waals surface area (Å²) in [5.74, 6) is 1.63. The Balaban J connectivity index is 1.42. The molecule has 2 heterocycles. The van der Waals surface area contributed by atoms with Crippen LogP contribution in [0.4, 0.5) is 0 Å². The van der Waals surface area contributed by atoms with E-state index < -0.39 is 0 Å². The Labute approximate surface area is 179 Å². The van der Waals surface area contributed by atoms with Gasteiger partial charge in [-0.2, -0.15) is 0 Å². The highest BCUT2D eigenvalue weighted by Gasteiger charge is 2.27. The van der Waals surface area contributed by atoms with Crippen molar-refractivity contribution in [2.24, 2.45) is 5.92 Å². The van der Waals surface area contributed by atoms with Gasteiger partial charge in [0.25, 0.3) is 0 Å². The number of hydrogen-bond donors (Lipinski definition) is 1. The van der Waals surface area contributed by atoms with Crippen LogP contribution in [0, 0.1) is 5.92 Å². The smallest absolute Gasteiger partial charge is 0.168 e. The average molecular weight is 420 g/mol. The molecule has 160 valence electrons. The van der Waals surface area contributed by atoms with Gasteiger partial charge in [-0.25, -0.2) is 0 Å². The minimum absolute atomic E-state index is 0.0410. The molecule has 2 aliphatic rings. The van der Waals surface area contributed by atoms with E-state index in [-0.39, 0.29) is 11.7 Å². The molecule has 1 fully saturated rings. The van der Waals surface area contributed by atoms with Gasteiger partial charge in [0.05, 0.1) is 0 Å². The van der Waals surface area contributed by atoms with E-state index in [9.17, 15) is 4.79 Å². The van der Waals surface area contributed by atoms with Gasteiger partial charge in [-0.05, 0) is 69.3 Å². The van der Waals surface area contributed by atoms with E-state index in [0.29, 0.717) is 24.5 Å². The molecule has 7 heteroatoms. The third-order valence-corrected chi connectivity index (χ3v) is 6.20. The Hall–Kier alpha value is -1.86. The Morgan fingerprint density at radius 1 is 1.17 bits per heavy atom. The van der Waals surface area contributed by atoms with Crippen LogP contribution in [0.15, 0.2) is 18.2 Å². The fraction of sp³-hybridized carbons (Fsp3) is 0.636. The molecule has 0 atom stereocenters. The molecule has 2 aliphatic heterocycles. The summed E-state index contributed by atoms with van der Waals surface area (Å²) in [5.41, 5.74) is 0.713. The number of fused-ring (bicyclic) bond motifs is 1. The summed E-state index contributed by atoms with van der Waals surface area (Å²) < 4.78 is 11.2. The summed E-state index contributed by atoms with van der Waals surface area (Å²) in [6, 6.07) is 5.52. The van der Waals surface area contributed by atoms with E-state index in [4.69, 9.17) is 21.7 Å². The summed E-state index contributed by atoms with van der Waals surface area (Å²) in [6.07, 6.45) is 2.74. The lowest BCUT2D eigenvalue weighted by Gasteiger charge is -2.33. The first kappa shape index (κ1) is 21.8. The fourth-order valence-corrected chi connectivity index (χ4v) is 4.21. The van der Waals surface area contributed by atoms with Crippen molar-refractivity contribution in [2.75, 3.05) is 52.5 Å². The van der Waals surface area contributed by atoms with Crippen molar-refractivity contribution in [3.63, 3.8) is 0 Å². The first-order valence-electron chi connectivity index (χ1n) is 10.8. The molecule has 0 bridgehead atoms. The van der Waals surface area contributed by atoms with Crippen LogP contribution in [0.2, 0.25) is 0 Å². The standard InChI is InChI=1S/C22H33N3O3S/c1-3-24(4-2)11-5-10-23-22(29)25-12-8-17(9-13-25)21(26)18-6-7-19-20(16-18)28-15-14-27-19/h6-7,16-17H,3-5,8-15H2,1-2H3,(H,23,29). The van der Waals surface area contributed by atoms with Crippen molar-refractivity contribution in [1.29, 1.82) is 0 Å². The average Bonchev–Trinajstić information content (AvgIpc) is 2.78. The maximum atomic E-state index is 12.9. The third-order valence-electron chi connectivity index (χ3n) is 5.80. The van der Waals surface area contributed by atoms with E-state index >= 15 is 0 Å². The Kier molecular flexibility index (Phi) is 8.12. The molecule has 1 aromatic rings. The number of rotatable bonds is 8. The molecule has 29 heavy (non-hydrogen) atoms. The highest BCUT2D eigenvalue weighted by atomic mass is 32.1. The molecule has 1 aromatic carbocycles.